The first kappa shape index (κ1) is 14.2. The van der Waals surface area contributed by atoms with E-state index in [0.717, 1.165) is 0 Å². The van der Waals surface area contributed by atoms with Gasteiger partial charge in [-0.2, -0.15) is 0 Å². The lowest BCUT2D eigenvalue weighted by molar-refractivity contribution is -0.121. The topological polar surface area (TPSA) is 84.2 Å². The molecule has 1 aromatic rings. The fourth-order valence-corrected chi connectivity index (χ4v) is 1.52. The standard InChI is InChI=1S/C12H19N3O3/c1-7-10(8(2)18-15-7)11(17)13-6-9(16)14-12(3,4)5/h6H2,1-5H3,(H,13,17)(H,14,16). The maximum absolute atomic E-state index is 11.8. The number of rotatable bonds is 3. The fraction of sp³-hybridized carbons (Fsp3) is 0.583. The molecule has 6 heteroatoms. The van der Waals surface area contributed by atoms with E-state index in [1.807, 2.05) is 20.8 Å². The Morgan fingerprint density at radius 2 is 1.89 bits per heavy atom. The Balaban J connectivity index is 2.55. The second-order valence-corrected chi connectivity index (χ2v) is 5.18. The van der Waals surface area contributed by atoms with Gasteiger partial charge in [0.2, 0.25) is 5.91 Å². The van der Waals surface area contributed by atoms with Crippen molar-refractivity contribution in [2.45, 2.75) is 40.2 Å². The molecular weight excluding hydrogens is 234 g/mol. The number of hydrogen-bond donors (Lipinski definition) is 2. The Morgan fingerprint density at radius 1 is 1.28 bits per heavy atom. The number of aromatic nitrogens is 1. The van der Waals surface area contributed by atoms with Crippen LogP contribution in [0.25, 0.3) is 0 Å². The van der Waals surface area contributed by atoms with Gasteiger partial charge in [-0.25, -0.2) is 0 Å². The lowest BCUT2D eigenvalue weighted by Crippen LogP contribution is -2.45. The third-order valence-electron chi connectivity index (χ3n) is 2.18. The van der Waals surface area contributed by atoms with Gasteiger partial charge in [-0.1, -0.05) is 5.16 Å². The van der Waals surface area contributed by atoms with Crippen molar-refractivity contribution in [3.63, 3.8) is 0 Å². The lowest BCUT2D eigenvalue weighted by Gasteiger charge is -2.20. The molecule has 18 heavy (non-hydrogen) atoms. The fourth-order valence-electron chi connectivity index (χ4n) is 1.52. The summed E-state index contributed by atoms with van der Waals surface area (Å²) in [6.07, 6.45) is 0. The number of nitrogens with zero attached hydrogens (tertiary/aromatic N) is 1. The maximum atomic E-state index is 11.8. The predicted molar refractivity (Wildman–Crippen MR) is 66.2 cm³/mol. The zero-order valence-electron chi connectivity index (χ0n) is 11.4. The predicted octanol–water partition coefficient (Wildman–Crippen LogP) is 0.936. The van der Waals surface area contributed by atoms with Crippen LogP contribution in [0.2, 0.25) is 0 Å². The van der Waals surface area contributed by atoms with E-state index in [-0.39, 0.29) is 23.9 Å². The van der Waals surface area contributed by atoms with E-state index in [4.69, 9.17) is 4.52 Å². The average molecular weight is 253 g/mol. The summed E-state index contributed by atoms with van der Waals surface area (Å²) in [4.78, 5) is 23.4. The van der Waals surface area contributed by atoms with E-state index < -0.39 is 0 Å². The number of aryl methyl sites for hydroxylation is 2. The van der Waals surface area contributed by atoms with E-state index in [2.05, 4.69) is 15.8 Å². The van der Waals surface area contributed by atoms with Crippen LogP contribution in [0, 0.1) is 13.8 Å². The highest BCUT2D eigenvalue weighted by atomic mass is 16.5. The molecule has 0 unspecified atom stereocenters. The van der Waals surface area contributed by atoms with Crippen LogP contribution >= 0.6 is 0 Å². The van der Waals surface area contributed by atoms with Crippen LogP contribution in [0.1, 0.15) is 42.6 Å². The van der Waals surface area contributed by atoms with E-state index in [9.17, 15) is 9.59 Å². The molecule has 0 aliphatic carbocycles. The van der Waals surface area contributed by atoms with Crippen molar-refractivity contribution in [1.82, 2.24) is 15.8 Å². The number of carbonyl (C=O) groups is 2. The van der Waals surface area contributed by atoms with Crippen LogP contribution in [0.5, 0.6) is 0 Å². The van der Waals surface area contributed by atoms with Gasteiger partial charge in [0, 0.05) is 5.54 Å². The van der Waals surface area contributed by atoms with Gasteiger partial charge in [-0.05, 0) is 34.6 Å². The van der Waals surface area contributed by atoms with Crippen LogP contribution in [-0.4, -0.2) is 29.1 Å². The highest BCUT2D eigenvalue weighted by molar-refractivity contribution is 5.98. The molecule has 0 saturated carbocycles. The van der Waals surface area contributed by atoms with Gasteiger partial charge >= 0.3 is 0 Å². The summed E-state index contributed by atoms with van der Waals surface area (Å²) in [6.45, 7) is 8.90. The number of nitrogens with one attached hydrogen (secondary N) is 2. The number of amides is 2. The molecular formula is C12H19N3O3. The molecule has 0 aliphatic heterocycles. The smallest absolute Gasteiger partial charge is 0.257 e. The Bertz CT molecular complexity index is 438. The molecule has 0 atom stereocenters. The van der Waals surface area contributed by atoms with E-state index >= 15 is 0 Å². The highest BCUT2D eigenvalue weighted by Gasteiger charge is 2.19. The minimum Gasteiger partial charge on any atom is -0.361 e. The molecule has 100 valence electrons. The van der Waals surface area contributed by atoms with E-state index in [1.165, 1.54) is 0 Å². The second kappa shape index (κ2) is 5.20. The van der Waals surface area contributed by atoms with Crippen molar-refractivity contribution in [2.24, 2.45) is 0 Å². The number of carbonyl (C=O) groups excluding carboxylic acids is 2. The molecule has 0 spiro atoms. The third kappa shape index (κ3) is 3.87. The molecule has 2 N–H and O–H groups in total. The molecule has 6 nitrogen and oxygen atoms in total. The Morgan fingerprint density at radius 3 is 2.33 bits per heavy atom. The Labute approximate surface area is 106 Å². The van der Waals surface area contributed by atoms with Crippen molar-refractivity contribution in [1.29, 1.82) is 0 Å². The van der Waals surface area contributed by atoms with Gasteiger partial charge < -0.3 is 15.2 Å². The Hall–Kier alpha value is -1.85. The van der Waals surface area contributed by atoms with E-state index in [0.29, 0.717) is 17.0 Å². The minimum absolute atomic E-state index is 0.0693. The monoisotopic (exact) mass is 253 g/mol. The molecule has 2 amide bonds. The summed E-state index contributed by atoms with van der Waals surface area (Å²) in [5.41, 5.74) is 0.588. The minimum atomic E-state index is -0.352. The van der Waals surface area contributed by atoms with Crippen molar-refractivity contribution >= 4 is 11.8 Å². The first-order valence-electron chi connectivity index (χ1n) is 5.73. The van der Waals surface area contributed by atoms with Gasteiger partial charge in [0.15, 0.2) is 0 Å². The van der Waals surface area contributed by atoms with Gasteiger partial charge in [-0.15, -0.1) is 0 Å². The van der Waals surface area contributed by atoms with Crippen molar-refractivity contribution in [2.75, 3.05) is 6.54 Å². The highest BCUT2D eigenvalue weighted by Crippen LogP contribution is 2.11. The van der Waals surface area contributed by atoms with Crippen LogP contribution in [0.3, 0.4) is 0 Å². The summed E-state index contributed by atoms with van der Waals surface area (Å²) in [5.74, 6) is -0.140. The summed E-state index contributed by atoms with van der Waals surface area (Å²) < 4.78 is 4.89. The summed E-state index contributed by atoms with van der Waals surface area (Å²) in [6, 6.07) is 0. The summed E-state index contributed by atoms with van der Waals surface area (Å²) >= 11 is 0. The molecule has 0 bridgehead atoms. The maximum Gasteiger partial charge on any atom is 0.257 e. The van der Waals surface area contributed by atoms with Crippen LogP contribution in [-0.2, 0) is 4.79 Å². The van der Waals surface area contributed by atoms with Crippen LogP contribution in [0.15, 0.2) is 4.52 Å². The molecule has 0 saturated heterocycles. The van der Waals surface area contributed by atoms with Gasteiger partial charge in [0.05, 0.1) is 12.2 Å². The molecule has 1 rings (SSSR count). The quantitative estimate of drug-likeness (QED) is 0.839. The first-order chi connectivity index (χ1) is 8.20. The average Bonchev–Trinajstić information content (AvgIpc) is 2.53. The van der Waals surface area contributed by atoms with Gasteiger partial charge in [-0.3, -0.25) is 9.59 Å². The van der Waals surface area contributed by atoms with Gasteiger partial charge in [0.1, 0.15) is 11.3 Å². The molecule has 0 radical (unpaired) electrons. The zero-order valence-corrected chi connectivity index (χ0v) is 11.4. The first-order valence-corrected chi connectivity index (χ1v) is 5.73. The molecule has 0 aliphatic rings. The van der Waals surface area contributed by atoms with E-state index in [1.54, 1.807) is 13.8 Å². The lowest BCUT2D eigenvalue weighted by atomic mass is 10.1. The number of hydrogen-bond acceptors (Lipinski definition) is 4. The zero-order chi connectivity index (χ0) is 13.9. The molecule has 0 fully saturated rings. The van der Waals surface area contributed by atoms with Crippen LogP contribution < -0.4 is 10.6 Å². The normalized spacial score (nSPS) is 11.2. The molecule has 1 heterocycles. The van der Waals surface area contributed by atoms with Crippen molar-refractivity contribution in [3.05, 3.63) is 17.0 Å². The largest absolute Gasteiger partial charge is 0.361 e. The molecule has 0 aromatic carbocycles. The Kier molecular flexibility index (Phi) is 4.11. The van der Waals surface area contributed by atoms with Gasteiger partial charge in [0.25, 0.3) is 5.91 Å². The second-order valence-electron chi connectivity index (χ2n) is 5.18. The third-order valence-corrected chi connectivity index (χ3v) is 2.18. The summed E-state index contributed by atoms with van der Waals surface area (Å²) in [7, 11) is 0. The van der Waals surface area contributed by atoms with Crippen molar-refractivity contribution in [3.8, 4) is 0 Å². The summed E-state index contributed by atoms with van der Waals surface area (Å²) in [5, 5.41) is 8.98. The van der Waals surface area contributed by atoms with Crippen molar-refractivity contribution < 1.29 is 14.1 Å². The SMILES string of the molecule is Cc1noc(C)c1C(=O)NCC(=O)NC(C)(C)C. The van der Waals surface area contributed by atoms with Crippen LogP contribution in [0.4, 0.5) is 0 Å². The molecule has 1 aromatic heterocycles.